The van der Waals surface area contributed by atoms with Gasteiger partial charge in [-0.05, 0) is 38.8 Å². The van der Waals surface area contributed by atoms with Crippen molar-refractivity contribution in [3.8, 4) is 0 Å². The topological polar surface area (TPSA) is 104 Å². The molecule has 28 heavy (non-hydrogen) atoms. The van der Waals surface area contributed by atoms with Crippen molar-refractivity contribution in [2.75, 3.05) is 23.0 Å². The first-order valence-electron chi connectivity index (χ1n) is 9.30. The lowest BCUT2D eigenvalue weighted by atomic mass is 9.98. The van der Waals surface area contributed by atoms with Crippen LogP contribution in [0, 0.1) is 0 Å². The number of anilines is 1. The number of hydrogen-bond donors (Lipinski definition) is 1. The van der Waals surface area contributed by atoms with Gasteiger partial charge in [0.05, 0.1) is 28.3 Å². The second-order valence-electron chi connectivity index (χ2n) is 8.31. The van der Waals surface area contributed by atoms with Crippen LogP contribution in [0.5, 0.6) is 0 Å². The molecular formula is C19H23N3O5S. The van der Waals surface area contributed by atoms with E-state index in [1.807, 2.05) is 0 Å². The third kappa shape index (κ3) is 2.88. The first-order valence-corrected chi connectivity index (χ1v) is 11.1. The molecule has 2 fully saturated rings. The fourth-order valence-corrected chi connectivity index (χ4v) is 6.66. The van der Waals surface area contributed by atoms with Crippen LogP contribution in [0.4, 0.5) is 5.69 Å². The number of carbonyl (C=O) groups excluding carboxylic acids is 3. The van der Waals surface area contributed by atoms with Crippen LogP contribution in [0.25, 0.3) is 0 Å². The lowest BCUT2D eigenvalue weighted by Gasteiger charge is -2.48. The lowest BCUT2D eigenvalue weighted by molar-refractivity contribution is -0.125. The van der Waals surface area contributed by atoms with E-state index >= 15 is 0 Å². The number of amides is 3. The van der Waals surface area contributed by atoms with Gasteiger partial charge in [0, 0.05) is 6.42 Å². The van der Waals surface area contributed by atoms with Gasteiger partial charge in [0.1, 0.15) is 12.2 Å². The van der Waals surface area contributed by atoms with Crippen LogP contribution in [0.15, 0.2) is 24.3 Å². The highest BCUT2D eigenvalue weighted by Gasteiger charge is 2.53. The quantitative estimate of drug-likeness (QED) is 0.796. The van der Waals surface area contributed by atoms with Crippen LogP contribution in [0.1, 0.15) is 43.5 Å². The van der Waals surface area contributed by atoms with Gasteiger partial charge in [0.25, 0.3) is 5.91 Å². The van der Waals surface area contributed by atoms with E-state index in [1.165, 1.54) is 4.90 Å². The molecule has 9 heteroatoms. The number of nitrogens with zero attached hydrogens (tertiary/aromatic N) is 2. The number of para-hydroxylation sites is 1. The van der Waals surface area contributed by atoms with Crippen molar-refractivity contribution < 1.29 is 22.8 Å². The van der Waals surface area contributed by atoms with Gasteiger partial charge < -0.3 is 10.2 Å². The Hall–Kier alpha value is -2.42. The maximum Gasteiger partial charge on any atom is 0.258 e. The largest absolute Gasteiger partial charge is 0.348 e. The molecule has 3 amide bonds. The van der Waals surface area contributed by atoms with Crippen LogP contribution in [-0.4, -0.2) is 60.3 Å². The summed E-state index contributed by atoms with van der Waals surface area (Å²) in [5, 5.41) is 2.80. The van der Waals surface area contributed by atoms with Crippen LogP contribution in [-0.2, 0) is 19.4 Å². The number of rotatable bonds is 3. The molecule has 0 saturated carbocycles. The summed E-state index contributed by atoms with van der Waals surface area (Å²) in [6, 6.07) is 6.90. The van der Waals surface area contributed by atoms with Crippen molar-refractivity contribution in [3.63, 3.8) is 0 Å². The standard InChI is InChI=1S/C19H23N3O5S/c1-18(9-10-28(26,27)12-18)20-15(23)11-21-17(25)13-5-3-4-6-14(13)22-16(24)7-8-19(21,22)2/h3-6H,7-12H2,1-2H3,(H,20,23)/t18-,19-/m1/s1. The molecule has 1 aromatic carbocycles. The summed E-state index contributed by atoms with van der Waals surface area (Å²) in [6.07, 6.45) is 1.08. The third-order valence-electron chi connectivity index (χ3n) is 5.99. The molecule has 0 unspecified atom stereocenters. The highest BCUT2D eigenvalue weighted by molar-refractivity contribution is 7.91. The van der Waals surface area contributed by atoms with Gasteiger partial charge in [0.2, 0.25) is 11.8 Å². The van der Waals surface area contributed by atoms with Gasteiger partial charge >= 0.3 is 0 Å². The van der Waals surface area contributed by atoms with E-state index < -0.39 is 26.9 Å². The Morgan fingerprint density at radius 1 is 1.18 bits per heavy atom. The molecule has 8 nitrogen and oxygen atoms in total. The molecule has 3 aliphatic heterocycles. The number of hydrogen-bond acceptors (Lipinski definition) is 5. The zero-order valence-electron chi connectivity index (χ0n) is 15.9. The zero-order chi connectivity index (χ0) is 20.3. The molecule has 0 aromatic heterocycles. The summed E-state index contributed by atoms with van der Waals surface area (Å²) in [5.74, 6) is -0.873. The first-order chi connectivity index (χ1) is 13.0. The molecule has 1 aromatic rings. The molecule has 150 valence electrons. The van der Waals surface area contributed by atoms with Crippen molar-refractivity contribution in [2.45, 2.75) is 44.3 Å². The lowest BCUT2D eigenvalue weighted by Crippen LogP contribution is -2.64. The van der Waals surface area contributed by atoms with Gasteiger partial charge in [-0.3, -0.25) is 19.3 Å². The molecule has 0 bridgehead atoms. The number of sulfone groups is 1. The van der Waals surface area contributed by atoms with E-state index in [0.29, 0.717) is 30.5 Å². The fraction of sp³-hybridized carbons (Fsp3) is 0.526. The molecule has 0 radical (unpaired) electrons. The molecule has 0 spiro atoms. The number of carbonyl (C=O) groups is 3. The maximum atomic E-state index is 13.1. The number of fused-ring (bicyclic) bond motifs is 3. The molecule has 2 atom stereocenters. The van der Waals surface area contributed by atoms with E-state index in [1.54, 1.807) is 43.0 Å². The second kappa shape index (κ2) is 6.04. The Kier molecular flexibility index (Phi) is 4.08. The summed E-state index contributed by atoms with van der Waals surface area (Å²) >= 11 is 0. The van der Waals surface area contributed by atoms with Gasteiger partial charge in [-0.1, -0.05) is 12.1 Å². The predicted octanol–water partition coefficient (Wildman–Crippen LogP) is 0.679. The number of benzene rings is 1. The highest BCUT2D eigenvalue weighted by atomic mass is 32.2. The van der Waals surface area contributed by atoms with Crippen LogP contribution in [0.2, 0.25) is 0 Å². The summed E-state index contributed by atoms with van der Waals surface area (Å²) < 4.78 is 23.6. The second-order valence-corrected chi connectivity index (χ2v) is 10.5. The minimum absolute atomic E-state index is 0.0415. The molecule has 3 aliphatic rings. The van der Waals surface area contributed by atoms with Crippen LogP contribution in [0.3, 0.4) is 0 Å². The minimum atomic E-state index is -3.17. The van der Waals surface area contributed by atoms with E-state index in [2.05, 4.69) is 5.32 Å². The normalized spacial score (nSPS) is 30.9. The van der Waals surface area contributed by atoms with E-state index in [-0.39, 0.29) is 29.9 Å². The average Bonchev–Trinajstić information content (AvgIpc) is 3.07. The Morgan fingerprint density at radius 3 is 2.57 bits per heavy atom. The van der Waals surface area contributed by atoms with Gasteiger partial charge in [-0.15, -0.1) is 0 Å². The van der Waals surface area contributed by atoms with Gasteiger partial charge in [0.15, 0.2) is 9.84 Å². The monoisotopic (exact) mass is 405 g/mol. The molecule has 4 rings (SSSR count). The Labute approximate surface area is 163 Å². The molecule has 1 N–H and O–H groups in total. The van der Waals surface area contributed by atoms with E-state index in [9.17, 15) is 22.8 Å². The summed E-state index contributed by atoms with van der Waals surface area (Å²) in [4.78, 5) is 41.5. The van der Waals surface area contributed by atoms with Crippen molar-refractivity contribution in [2.24, 2.45) is 0 Å². The third-order valence-corrected chi connectivity index (χ3v) is 7.89. The van der Waals surface area contributed by atoms with Gasteiger partial charge in [-0.25, -0.2) is 8.42 Å². The Morgan fingerprint density at radius 2 is 1.89 bits per heavy atom. The predicted molar refractivity (Wildman–Crippen MR) is 102 cm³/mol. The SMILES string of the molecule is C[C@@]1(NC(=O)CN2C(=O)c3ccccc3N3C(=O)CC[C@]23C)CCS(=O)(=O)C1. The van der Waals surface area contributed by atoms with Crippen molar-refractivity contribution >= 4 is 33.2 Å². The number of nitrogens with one attached hydrogen (secondary N) is 1. The zero-order valence-corrected chi connectivity index (χ0v) is 16.7. The molecule has 2 saturated heterocycles. The maximum absolute atomic E-state index is 13.1. The molecule has 3 heterocycles. The summed E-state index contributed by atoms with van der Waals surface area (Å²) in [7, 11) is -3.17. The Balaban J connectivity index is 1.62. The first kappa shape index (κ1) is 18.9. The summed E-state index contributed by atoms with van der Waals surface area (Å²) in [5.41, 5.74) is -0.790. The smallest absolute Gasteiger partial charge is 0.258 e. The van der Waals surface area contributed by atoms with Gasteiger partial charge in [-0.2, -0.15) is 0 Å². The van der Waals surface area contributed by atoms with Crippen LogP contribution >= 0.6 is 0 Å². The van der Waals surface area contributed by atoms with Crippen molar-refractivity contribution in [1.29, 1.82) is 0 Å². The van der Waals surface area contributed by atoms with Crippen LogP contribution < -0.4 is 10.2 Å². The average molecular weight is 405 g/mol. The van der Waals surface area contributed by atoms with E-state index in [4.69, 9.17) is 0 Å². The minimum Gasteiger partial charge on any atom is -0.348 e. The molecular weight excluding hydrogens is 382 g/mol. The van der Waals surface area contributed by atoms with Crippen molar-refractivity contribution in [1.82, 2.24) is 10.2 Å². The Bertz CT molecular complexity index is 991. The van der Waals surface area contributed by atoms with E-state index in [0.717, 1.165) is 0 Å². The van der Waals surface area contributed by atoms with Crippen molar-refractivity contribution in [3.05, 3.63) is 29.8 Å². The highest BCUT2D eigenvalue weighted by Crippen LogP contribution is 2.43. The molecule has 0 aliphatic carbocycles. The summed E-state index contributed by atoms with van der Waals surface area (Å²) in [6.45, 7) is 3.26. The fourth-order valence-electron chi connectivity index (χ4n) is 4.57.